The second-order valence-electron chi connectivity index (χ2n) is 3.69. The third-order valence-corrected chi connectivity index (χ3v) is 3.67. The van der Waals surface area contributed by atoms with Gasteiger partial charge in [0.15, 0.2) is 0 Å². The van der Waals surface area contributed by atoms with Crippen molar-refractivity contribution in [3.8, 4) is 0 Å². The summed E-state index contributed by atoms with van der Waals surface area (Å²) < 4.78 is 13.1. The molecule has 0 fully saturated rings. The second-order valence-corrected chi connectivity index (χ2v) is 5.06. The summed E-state index contributed by atoms with van der Waals surface area (Å²) in [5.41, 5.74) is 2.78. The molecule has 0 radical (unpaired) electrons. The number of likely N-dealkylation sites (N-methyl/N-ethyl adjacent to an activating group) is 1. The van der Waals surface area contributed by atoms with E-state index in [0.717, 1.165) is 12.0 Å². The maximum absolute atomic E-state index is 13.1. The van der Waals surface area contributed by atoms with Crippen molar-refractivity contribution in [2.75, 3.05) is 7.05 Å². The minimum atomic E-state index is -0.386. The Labute approximate surface area is 108 Å². The van der Waals surface area contributed by atoms with Crippen molar-refractivity contribution in [1.82, 2.24) is 10.3 Å². The zero-order valence-electron chi connectivity index (χ0n) is 9.28. The van der Waals surface area contributed by atoms with Crippen LogP contribution < -0.4 is 5.32 Å². The number of thiazole rings is 1. The molecular formula is C12H12ClFN2S. The average Bonchev–Trinajstić information content (AvgIpc) is 2.82. The third kappa shape index (κ3) is 3.03. The lowest BCUT2D eigenvalue weighted by molar-refractivity contribution is 0.589. The van der Waals surface area contributed by atoms with Crippen molar-refractivity contribution >= 4 is 22.9 Å². The van der Waals surface area contributed by atoms with Crippen molar-refractivity contribution in [3.05, 3.63) is 51.2 Å². The minimum absolute atomic E-state index is 0.119. The maximum atomic E-state index is 13.1. The third-order valence-electron chi connectivity index (χ3n) is 2.58. The van der Waals surface area contributed by atoms with Crippen molar-refractivity contribution < 1.29 is 4.39 Å². The molecule has 0 spiro atoms. The van der Waals surface area contributed by atoms with Gasteiger partial charge in [-0.3, -0.25) is 4.98 Å². The van der Waals surface area contributed by atoms with Gasteiger partial charge in [0.25, 0.3) is 0 Å². The quantitative estimate of drug-likeness (QED) is 0.921. The molecule has 5 heteroatoms. The van der Waals surface area contributed by atoms with Crippen LogP contribution in [0.1, 0.15) is 16.5 Å². The van der Waals surface area contributed by atoms with Gasteiger partial charge in [-0.1, -0.05) is 17.7 Å². The summed E-state index contributed by atoms with van der Waals surface area (Å²) in [5, 5.41) is 3.36. The minimum Gasteiger partial charge on any atom is -0.313 e. The maximum Gasteiger partial charge on any atom is 0.141 e. The summed E-state index contributed by atoms with van der Waals surface area (Å²) in [4.78, 5) is 5.22. The first kappa shape index (κ1) is 12.5. The van der Waals surface area contributed by atoms with Crippen LogP contribution in [0, 0.1) is 5.82 Å². The lowest BCUT2D eigenvalue weighted by Crippen LogP contribution is -2.18. The van der Waals surface area contributed by atoms with Gasteiger partial charge in [0.1, 0.15) is 5.82 Å². The number of benzene rings is 1. The molecule has 0 bridgehead atoms. The standard InChI is InChI=1S/C12H12ClFN2S/c1-15-12(5-9-6-16-7-17-9)8-2-3-11(14)10(13)4-8/h2-4,6-7,12,15H,5H2,1H3. The van der Waals surface area contributed by atoms with Gasteiger partial charge in [-0.15, -0.1) is 11.3 Å². The van der Waals surface area contributed by atoms with Crippen molar-refractivity contribution in [1.29, 1.82) is 0 Å². The number of rotatable bonds is 4. The summed E-state index contributed by atoms with van der Waals surface area (Å²) in [6.45, 7) is 0. The molecule has 90 valence electrons. The highest BCUT2D eigenvalue weighted by molar-refractivity contribution is 7.09. The summed E-state index contributed by atoms with van der Waals surface area (Å²) in [5.74, 6) is -0.386. The van der Waals surface area contributed by atoms with Crippen LogP contribution in [-0.4, -0.2) is 12.0 Å². The van der Waals surface area contributed by atoms with Crippen molar-refractivity contribution in [2.45, 2.75) is 12.5 Å². The lowest BCUT2D eigenvalue weighted by Gasteiger charge is -2.16. The molecule has 0 amide bonds. The van der Waals surface area contributed by atoms with E-state index in [-0.39, 0.29) is 16.9 Å². The Balaban J connectivity index is 2.20. The first-order valence-electron chi connectivity index (χ1n) is 5.20. The highest BCUT2D eigenvalue weighted by Crippen LogP contribution is 2.24. The molecule has 1 N–H and O–H groups in total. The van der Waals surface area contributed by atoms with Crippen LogP contribution in [0.3, 0.4) is 0 Å². The van der Waals surface area contributed by atoms with Crippen LogP contribution in [0.5, 0.6) is 0 Å². The fourth-order valence-electron chi connectivity index (χ4n) is 1.66. The second kappa shape index (κ2) is 5.58. The Kier molecular flexibility index (Phi) is 4.10. The first-order valence-corrected chi connectivity index (χ1v) is 6.46. The Morgan fingerprint density at radius 2 is 2.35 bits per heavy atom. The van der Waals surface area contributed by atoms with Crippen LogP contribution >= 0.6 is 22.9 Å². The molecule has 0 aliphatic carbocycles. The summed E-state index contributed by atoms with van der Waals surface area (Å²) in [6, 6.07) is 4.94. The molecule has 1 atom stereocenters. The smallest absolute Gasteiger partial charge is 0.141 e. The molecule has 0 aliphatic rings. The van der Waals surface area contributed by atoms with Gasteiger partial charge in [-0.25, -0.2) is 4.39 Å². The molecule has 1 heterocycles. The van der Waals surface area contributed by atoms with E-state index in [9.17, 15) is 4.39 Å². The van der Waals surface area contributed by atoms with Crippen LogP contribution in [0.15, 0.2) is 29.9 Å². The molecular weight excluding hydrogens is 259 g/mol. The molecule has 0 saturated carbocycles. The van der Waals surface area contributed by atoms with E-state index >= 15 is 0 Å². The number of aromatic nitrogens is 1. The average molecular weight is 271 g/mol. The van der Waals surface area contributed by atoms with Gasteiger partial charge in [0.05, 0.1) is 10.5 Å². The monoisotopic (exact) mass is 270 g/mol. The van der Waals surface area contributed by atoms with E-state index in [4.69, 9.17) is 11.6 Å². The molecule has 1 unspecified atom stereocenters. The fraction of sp³-hybridized carbons (Fsp3) is 0.250. The topological polar surface area (TPSA) is 24.9 Å². The van der Waals surface area contributed by atoms with Crippen molar-refractivity contribution in [2.24, 2.45) is 0 Å². The Hall–Kier alpha value is -0.970. The number of hydrogen-bond acceptors (Lipinski definition) is 3. The lowest BCUT2D eigenvalue weighted by atomic mass is 10.0. The van der Waals surface area contributed by atoms with E-state index in [0.29, 0.717) is 0 Å². The van der Waals surface area contributed by atoms with Crippen LogP contribution in [0.25, 0.3) is 0 Å². The van der Waals surface area contributed by atoms with E-state index in [1.807, 2.05) is 13.2 Å². The van der Waals surface area contributed by atoms with Gasteiger partial charge in [-0.05, 0) is 24.7 Å². The van der Waals surface area contributed by atoms with E-state index < -0.39 is 0 Å². The Morgan fingerprint density at radius 1 is 1.53 bits per heavy atom. The van der Waals surface area contributed by atoms with Gasteiger partial charge in [-0.2, -0.15) is 0 Å². The van der Waals surface area contributed by atoms with Gasteiger partial charge in [0.2, 0.25) is 0 Å². The highest BCUT2D eigenvalue weighted by atomic mass is 35.5. The Morgan fingerprint density at radius 3 is 2.94 bits per heavy atom. The normalized spacial score (nSPS) is 12.6. The predicted molar refractivity (Wildman–Crippen MR) is 69.0 cm³/mol. The summed E-state index contributed by atoms with van der Waals surface area (Å²) >= 11 is 7.39. The number of nitrogens with zero attached hydrogens (tertiary/aromatic N) is 1. The summed E-state index contributed by atoms with van der Waals surface area (Å²) in [6.07, 6.45) is 2.67. The van der Waals surface area contributed by atoms with Crippen LogP contribution in [-0.2, 0) is 6.42 Å². The molecule has 2 nitrogen and oxygen atoms in total. The van der Waals surface area contributed by atoms with E-state index in [2.05, 4.69) is 10.3 Å². The number of hydrogen-bond donors (Lipinski definition) is 1. The first-order chi connectivity index (χ1) is 8.20. The van der Waals surface area contributed by atoms with Gasteiger partial charge in [0, 0.05) is 23.5 Å². The molecule has 2 aromatic rings. The SMILES string of the molecule is CNC(Cc1cncs1)c1ccc(F)c(Cl)c1. The largest absolute Gasteiger partial charge is 0.313 e. The van der Waals surface area contributed by atoms with Gasteiger partial charge < -0.3 is 5.32 Å². The zero-order valence-corrected chi connectivity index (χ0v) is 10.9. The molecule has 2 rings (SSSR count). The molecule has 17 heavy (non-hydrogen) atoms. The number of nitrogens with one attached hydrogen (secondary N) is 1. The van der Waals surface area contributed by atoms with Gasteiger partial charge >= 0.3 is 0 Å². The molecule has 0 aliphatic heterocycles. The number of halogens is 2. The molecule has 1 aromatic heterocycles. The predicted octanol–water partition coefficient (Wildman–Crippen LogP) is 3.44. The molecule has 0 saturated heterocycles. The van der Waals surface area contributed by atoms with Crippen molar-refractivity contribution in [3.63, 3.8) is 0 Å². The molecule has 1 aromatic carbocycles. The van der Waals surface area contributed by atoms with E-state index in [1.165, 1.54) is 10.9 Å². The Bertz CT molecular complexity index is 487. The zero-order chi connectivity index (χ0) is 12.3. The van der Waals surface area contributed by atoms with E-state index in [1.54, 1.807) is 29.0 Å². The van der Waals surface area contributed by atoms with Crippen LogP contribution in [0.2, 0.25) is 5.02 Å². The highest BCUT2D eigenvalue weighted by Gasteiger charge is 2.12. The van der Waals surface area contributed by atoms with Crippen LogP contribution in [0.4, 0.5) is 4.39 Å². The fourth-order valence-corrected chi connectivity index (χ4v) is 2.49. The summed E-state index contributed by atoms with van der Waals surface area (Å²) in [7, 11) is 1.88.